The topological polar surface area (TPSA) is 48.2 Å². The van der Waals surface area contributed by atoms with Gasteiger partial charge in [-0.05, 0) is 23.0 Å². The highest BCUT2D eigenvalue weighted by atomic mass is 35.5. The molecule has 2 heterocycles. The molecule has 0 amide bonds. The maximum Gasteiger partial charge on any atom is 0.313 e. The minimum absolute atomic E-state index is 0.0328. The third-order valence-corrected chi connectivity index (χ3v) is 2.48. The molecule has 4 nitrogen and oxygen atoms in total. The molecular weight excluding hydrogens is 212 g/mol. The van der Waals surface area contributed by atoms with Gasteiger partial charge in [0.1, 0.15) is 10.6 Å². The first-order chi connectivity index (χ1) is 6.31. The maximum absolute atomic E-state index is 5.50. The average Bonchev–Trinajstić information content (AvgIpc) is 2.71. The van der Waals surface area contributed by atoms with Crippen LogP contribution in [0.25, 0.3) is 10.8 Å². The summed E-state index contributed by atoms with van der Waals surface area (Å²) in [5.41, 5.74) is 0. The van der Waals surface area contributed by atoms with Crippen LogP contribution in [0, 0.1) is 0 Å². The second kappa shape index (κ2) is 3.35. The summed E-state index contributed by atoms with van der Waals surface area (Å²) in [4.78, 5) is 0.793. The van der Waals surface area contributed by atoms with Crippen LogP contribution in [0.2, 0.25) is 5.35 Å². The molecule has 2 aromatic rings. The van der Waals surface area contributed by atoms with Gasteiger partial charge >= 0.3 is 5.35 Å². The standard InChI is InChI=1S/C7H5ClN2O2S/c1-11-4-2-3-13-5(4)6-9-10-7(8)12-6/h2-3H,1H3. The van der Waals surface area contributed by atoms with E-state index in [1.54, 1.807) is 7.11 Å². The zero-order valence-electron chi connectivity index (χ0n) is 6.65. The van der Waals surface area contributed by atoms with Gasteiger partial charge in [0.15, 0.2) is 0 Å². The van der Waals surface area contributed by atoms with E-state index in [9.17, 15) is 0 Å². The summed E-state index contributed by atoms with van der Waals surface area (Å²) in [6.45, 7) is 0. The van der Waals surface area contributed by atoms with Gasteiger partial charge < -0.3 is 9.15 Å². The Morgan fingerprint density at radius 1 is 1.54 bits per heavy atom. The Kier molecular flexibility index (Phi) is 2.20. The van der Waals surface area contributed by atoms with Crippen LogP contribution in [0.4, 0.5) is 0 Å². The van der Waals surface area contributed by atoms with Crippen molar-refractivity contribution in [3.05, 3.63) is 16.8 Å². The summed E-state index contributed by atoms with van der Waals surface area (Å²) < 4.78 is 10.1. The van der Waals surface area contributed by atoms with Gasteiger partial charge in [-0.25, -0.2) is 0 Å². The van der Waals surface area contributed by atoms with Crippen molar-refractivity contribution in [2.24, 2.45) is 0 Å². The molecule has 68 valence electrons. The Balaban J connectivity index is 2.45. The number of nitrogens with zero attached hydrogens (tertiary/aromatic N) is 2. The number of thiophene rings is 1. The van der Waals surface area contributed by atoms with Crippen molar-refractivity contribution in [2.45, 2.75) is 0 Å². The van der Waals surface area contributed by atoms with Gasteiger partial charge in [-0.2, -0.15) is 0 Å². The average molecular weight is 217 g/mol. The predicted molar refractivity (Wildman–Crippen MR) is 49.2 cm³/mol. The van der Waals surface area contributed by atoms with E-state index in [1.165, 1.54) is 11.3 Å². The lowest BCUT2D eigenvalue weighted by Crippen LogP contribution is -1.82. The van der Waals surface area contributed by atoms with E-state index in [1.807, 2.05) is 11.4 Å². The second-order valence-corrected chi connectivity index (χ2v) is 3.42. The molecule has 0 saturated heterocycles. The van der Waals surface area contributed by atoms with Gasteiger partial charge in [0, 0.05) is 0 Å². The number of halogens is 1. The molecule has 0 aliphatic carbocycles. The first-order valence-corrected chi connectivity index (χ1v) is 4.68. The molecule has 0 N–H and O–H groups in total. The minimum atomic E-state index is 0.0328. The number of rotatable bonds is 2. The summed E-state index contributed by atoms with van der Waals surface area (Å²) in [5.74, 6) is 1.10. The lowest BCUT2D eigenvalue weighted by atomic mass is 10.4. The van der Waals surface area contributed by atoms with Crippen LogP contribution in [-0.4, -0.2) is 17.3 Å². The molecule has 0 bridgehead atoms. The quantitative estimate of drug-likeness (QED) is 0.774. The molecular formula is C7H5ClN2O2S. The predicted octanol–water partition coefficient (Wildman–Crippen LogP) is 2.46. The number of hydrogen-bond acceptors (Lipinski definition) is 5. The van der Waals surface area contributed by atoms with Crippen molar-refractivity contribution in [3.8, 4) is 16.5 Å². The Labute approximate surface area is 83.1 Å². The highest BCUT2D eigenvalue weighted by Crippen LogP contribution is 2.34. The molecule has 0 unspecified atom stereocenters. The fourth-order valence-electron chi connectivity index (χ4n) is 0.911. The summed E-state index contributed by atoms with van der Waals surface area (Å²) in [7, 11) is 1.59. The minimum Gasteiger partial charge on any atom is -0.495 e. The third kappa shape index (κ3) is 1.52. The Hall–Kier alpha value is -1.07. The highest BCUT2D eigenvalue weighted by molar-refractivity contribution is 7.13. The number of ether oxygens (including phenoxy) is 1. The van der Waals surface area contributed by atoms with Gasteiger partial charge in [0.05, 0.1) is 7.11 Å². The van der Waals surface area contributed by atoms with E-state index < -0.39 is 0 Å². The third-order valence-electron chi connectivity index (χ3n) is 1.44. The lowest BCUT2D eigenvalue weighted by Gasteiger charge is -1.95. The normalized spacial score (nSPS) is 10.3. The monoisotopic (exact) mass is 216 g/mol. The van der Waals surface area contributed by atoms with Gasteiger partial charge in [0.2, 0.25) is 0 Å². The van der Waals surface area contributed by atoms with E-state index in [0.717, 1.165) is 4.88 Å². The number of hydrogen-bond donors (Lipinski definition) is 0. The summed E-state index contributed by atoms with van der Waals surface area (Å²) in [5, 5.41) is 9.21. The fourth-order valence-corrected chi connectivity index (χ4v) is 1.80. The van der Waals surface area contributed by atoms with E-state index in [0.29, 0.717) is 11.6 Å². The van der Waals surface area contributed by atoms with Crippen LogP contribution in [0.5, 0.6) is 5.75 Å². The van der Waals surface area contributed by atoms with Crippen LogP contribution >= 0.6 is 22.9 Å². The molecule has 0 aromatic carbocycles. The molecule has 0 fully saturated rings. The molecule has 0 saturated carbocycles. The van der Waals surface area contributed by atoms with Crippen molar-refractivity contribution < 1.29 is 9.15 Å². The van der Waals surface area contributed by atoms with Crippen molar-refractivity contribution in [2.75, 3.05) is 7.11 Å². The van der Waals surface area contributed by atoms with Crippen LogP contribution < -0.4 is 4.74 Å². The maximum atomic E-state index is 5.50. The molecule has 2 rings (SSSR count). The molecule has 0 radical (unpaired) electrons. The van der Waals surface area contributed by atoms with Gasteiger partial charge in [-0.1, -0.05) is 5.10 Å². The molecule has 6 heteroatoms. The number of aromatic nitrogens is 2. The SMILES string of the molecule is COc1ccsc1-c1nnc(Cl)o1. The van der Waals surface area contributed by atoms with Gasteiger partial charge in [-0.15, -0.1) is 16.4 Å². The van der Waals surface area contributed by atoms with Crippen LogP contribution in [0.1, 0.15) is 0 Å². The molecule has 0 atom stereocenters. The molecule has 0 aliphatic heterocycles. The highest BCUT2D eigenvalue weighted by Gasteiger charge is 2.13. The summed E-state index contributed by atoms with van der Waals surface area (Å²) in [6.07, 6.45) is 0. The van der Waals surface area contributed by atoms with Crippen molar-refractivity contribution in [1.82, 2.24) is 10.2 Å². The van der Waals surface area contributed by atoms with Crippen molar-refractivity contribution in [3.63, 3.8) is 0 Å². The van der Waals surface area contributed by atoms with Gasteiger partial charge in [-0.3, -0.25) is 0 Å². The Bertz CT molecular complexity index is 412. The molecule has 0 aliphatic rings. The molecule has 2 aromatic heterocycles. The van der Waals surface area contributed by atoms with Crippen LogP contribution in [0.3, 0.4) is 0 Å². The largest absolute Gasteiger partial charge is 0.495 e. The summed E-state index contributed by atoms with van der Waals surface area (Å²) >= 11 is 6.96. The van der Waals surface area contributed by atoms with Gasteiger partial charge in [0.25, 0.3) is 5.89 Å². The smallest absolute Gasteiger partial charge is 0.313 e. The van der Waals surface area contributed by atoms with E-state index >= 15 is 0 Å². The Morgan fingerprint density at radius 3 is 3.00 bits per heavy atom. The van der Waals surface area contributed by atoms with Crippen molar-refractivity contribution in [1.29, 1.82) is 0 Å². The second-order valence-electron chi connectivity index (χ2n) is 2.18. The van der Waals surface area contributed by atoms with Crippen LogP contribution in [0.15, 0.2) is 15.9 Å². The van der Waals surface area contributed by atoms with Crippen molar-refractivity contribution >= 4 is 22.9 Å². The Morgan fingerprint density at radius 2 is 2.38 bits per heavy atom. The summed E-state index contributed by atoms with van der Waals surface area (Å²) in [6, 6.07) is 1.83. The number of methoxy groups -OCH3 is 1. The first kappa shape index (κ1) is 8.52. The zero-order valence-corrected chi connectivity index (χ0v) is 8.22. The zero-order chi connectivity index (χ0) is 9.26. The lowest BCUT2D eigenvalue weighted by molar-refractivity contribution is 0.416. The van der Waals surface area contributed by atoms with E-state index in [2.05, 4.69) is 10.2 Å². The van der Waals surface area contributed by atoms with E-state index in [-0.39, 0.29) is 5.35 Å². The van der Waals surface area contributed by atoms with Crippen LogP contribution in [-0.2, 0) is 0 Å². The fraction of sp³-hybridized carbons (Fsp3) is 0.143. The van der Waals surface area contributed by atoms with E-state index in [4.69, 9.17) is 20.8 Å². The first-order valence-electron chi connectivity index (χ1n) is 3.42. The molecule has 0 spiro atoms. The molecule has 13 heavy (non-hydrogen) atoms.